The monoisotopic (exact) mass is 240 g/mol. The van der Waals surface area contributed by atoms with Crippen LogP contribution in [0.2, 0.25) is 0 Å². The van der Waals surface area contributed by atoms with Crippen molar-refractivity contribution in [2.45, 2.75) is 30.0 Å². The molecule has 3 aliphatic rings. The number of fused-ring (bicyclic) bond motifs is 1. The second kappa shape index (κ2) is 2.57. The molecule has 0 aromatic heterocycles. The number of nitrogens with zero attached hydrogens (tertiary/aromatic N) is 2. The second-order valence-electron chi connectivity index (χ2n) is 4.41. The van der Waals surface area contributed by atoms with Gasteiger partial charge in [-0.1, -0.05) is 6.92 Å². The highest BCUT2D eigenvalue weighted by atomic mass is 32.2. The van der Waals surface area contributed by atoms with Crippen LogP contribution in [-0.2, 0) is 19.0 Å². The van der Waals surface area contributed by atoms with Crippen LogP contribution in [0, 0.1) is 34.5 Å². The number of nitriles is 2. The molecule has 0 amide bonds. The van der Waals surface area contributed by atoms with Gasteiger partial charge in [0.1, 0.15) is 18.1 Å². The van der Waals surface area contributed by atoms with E-state index in [9.17, 15) is 8.42 Å². The van der Waals surface area contributed by atoms with E-state index in [0.29, 0.717) is 0 Å². The Bertz CT molecular complexity index is 545. The average molecular weight is 240 g/mol. The molecule has 0 radical (unpaired) electrons. The van der Waals surface area contributed by atoms with Crippen LogP contribution in [-0.4, -0.2) is 31.5 Å². The fraction of sp³-hybridized carbons (Fsp3) is 0.778. The third kappa shape index (κ3) is 0.726. The molecule has 0 saturated carbocycles. The Morgan fingerprint density at radius 3 is 2.56 bits per heavy atom. The van der Waals surface area contributed by atoms with Crippen LogP contribution in [0.5, 0.6) is 0 Å². The fourth-order valence-corrected chi connectivity index (χ4v) is 4.81. The van der Waals surface area contributed by atoms with Gasteiger partial charge in [0.15, 0.2) is 0 Å². The summed E-state index contributed by atoms with van der Waals surface area (Å²) in [6.07, 6.45) is -1.94. The van der Waals surface area contributed by atoms with E-state index < -0.39 is 39.1 Å². The van der Waals surface area contributed by atoms with Crippen LogP contribution < -0.4 is 0 Å². The first-order chi connectivity index (χ1) is 7.49. The molecule has 3 fully saturated rings. The predicted molar refractivity (Wildman–Crippen MR) is 49.1 cm³/mol. The summed E-state index contributed by atoms with van der Waals surface area (Å²) in [4.78, 5) is 0. The van der Waals surface area contributed by atoms with E-state index >= 15 is 0 Å². The molecule has 6 nitrogen and oxygen atoms in total. The van der Waals surface area contributed by atoms with Crippen LogP contribution in [0.4, 0.5) is 0 Å². The molecule has 16 heavy (non-hydrogen) atoms. The Kier molecular flexibility index (Phi) is 1.61. The van der Waals surface area contributed by atoms with Gasteiger partial charge < -0.3 is 4.74 Å². The van der Waals surface area contributed by atoms with Gasteiger partial charge in [-0.15, -0.1) is 0 Å². The van der Waals surface area contributed by atoms with Crippen molar-refractivity contribution < 1.29 is 17.3 Å². The third-order valence-electron chi connectivity index (χ3n) is 3.82. The maximum absolute atomic E-state index is 11.9. The number of ether oxygens (including phenoxy) is 1. The highest BCUT2D eigenvalue weighted by Crippen LogP contribution is 2.58. The smallest absolute Gasteiger partial charge is 0.291 e. The molecule has 3 aliphatic heterocycles. The van der Waals surface area contributed by atoms with Crippen molar-refractivity contribution >= 4 is 10.1 Å². The lowest BCUT2D eigenvalue weighted by Gasteiger charge is -2.25. The molecule has 0 aliphatic carbocycles. The summed E-state index contributed by atoms with van der Waals surface area (Å²) in [5, 5.41) is 18.2. The first-order valence-electron chi connectivity index (χ1n) is 4.89. The molecule has 3 saturated heterocycles. The lowest BCUT2D eigenvalue weighted by molar-refractivity contribution is 0.0756. The Hall–Kier alpha value is -1.15. The summed E-state index contributed by atoms with van der Waals surface area (Å²) in [6.45, 7) is 1.78. The van der Waals surface area contributed by atoms with Crippen LogP contribution in [0.3, 0.4) is 0 Å². The summed E-state index contributed by atoms with van der Waals surface area (Å²) in [7, 11) is -4.05. The van der Waals surface area contributed by atoms with Crippen molar-refractivity contribution in [1.82, 2.24) is 0 Å². The van der Waals surface area contributed by atoms with Gasteiger partial charge in [0.25, 0.3) is 10.1 Å². The Morgan fingerprint density at radius 1 is 1.31 bits per heavy atom. The van der Waals surface area contributed by atoms with Crippen molar-refractivity contribution in [2.75, 3.05) is 0 Å². The van der Waals surface area contributed by atoms with Crippen LogP contribution in [0.1, 0.15) is 6.92 Å². The molecule has 2 bridgehead atoms. The molecule has 0 N–H and O–H groups in total. The zero-order valence-electron chi connectivity index (χ0n) is 8.32. The van der Waals surface area contributed by atoms with Crippen molar-refractivity contribution in [2.24, 2.45) is 11.8 Å². The van der Waals surface area contributed by atoms with E-state index in [2.05, 4.69) is 0 Å². The molecular formula is C9H8N2O4S. The largest absolute Gasteiger partial charge is 0.367 e. The maximum atomic E-state index is 11.9. The first-order valence-corrected chi connectivity index (χ1v) is 6.29. The average Bonchev–Trinajstić information content (AvgIpc) is 2.77. The predicted octanol–water partition coefficient (Wildman–Crippen LogP) is -0.466. The minimum atomic E-state index is -4.05. The third-order valence-corrected chi connectivity index (χ3v) is 5.70. The SMILES string of the molecule is CC1C2OC3C1OS(=O)(=O)C3(C#N)C2C#N. The Labute approximate surface area is 92.5 Å². The van der Waals surface area contributed by atoms with Crippen LogP contribution in [0.25, 0.3) is 0 Å². The standard InChI is InChI=1S/C9H8N2O4S/c1-4-6-5(2-10)9(3-11)8(14-6)7(4)15-16(9,12)13/h4-8H,1H3. The summed E-state index contributed by atoms with van der Waals surface area (Å²) < 4.78 is 32.3. The summed E-state index contributed by atoms with van der Waals surface area (Å²) in [6, 6.07) is 3.65. The van der Waals surface area contributed by atoms with E-state index in [4.69, 9.17) is 19.4 Å². The molecule has 3 rings (SSSR count). The zero-order chi connectivity index (χ0) is 11.7. The van der Waals surface area contributed by atoms with Gasteiger partial charge >= 0.3 is 0 Å². The van der Waals surface area contributed by atoms with E-state index in [0.717, 1.165) is 0 Å². The highest BCUT2D eigenvalue weighted by Gasteiger charge is 2.79. The number of rotatable bonds is 0. The molecule has 6 atom stereocenters. The fourth-order valence-electron chi connectivity index (χ4n) is 3.00. The van der Waals surface area contributed by atoms with Gasteiger partial charge in [-0.3, -0.25) is 4.18 Å². The molecule has 7 heteroatoms. The van der Waals surface area contributed by atoms with Gasteiger partial charge in [-0.05, 0) is 0 Å². The van der Waals surface area contributed by atoms with Crippen LogP contribution >= 0.6 is 0 Å². The molecule has 84 valence electrons. The molecule has 0 spiro atoms. The van der Waals surface area contributed by atoms with Gasteiger partial charge in [0, 0.05) is 5.92 Å². The Morgan fingerprint density at radius 2 is 2.00 bits per heavy atom. The van der Waals surface area contributed by atoms with Crippen molar-refractivity contribution in [3.63, 3.8) is 0 Å². The number of hydrogen-bond acceptors (Lipinski definition) is 6. The minimum absolute atomic E-state index is 0.173. The van der Waals surface area contributed by atoms with Gasteiger partial charge in [0.2, 0.25) is 4.75 Å². The molecule has 0 aromatic carbocycles. The van der Waals surface area contributed by atoms with Gasteiger partial charge in [0.05, 0.1) is 18.2 Å². The summed E-state index contributed by atoms with van der Waals surface area (Å²) >= 11 is 0. The normalized spacial score (nSPS) is 55.8. The van der Waals surface area contributed by atoms with Gasteiger partial charge in [-0.25, -0.2) is 0 Å². The van der Waals surface area contributed by atoms with E-state index in [1.54, 1.807) is 13.0 Å². The zero-order valence-corrected chi connectivity index (χ0v) is 9.14. The Balaban J connectivity index is 2.29. The minimum Gasteiger partial charge on any atom is -0.367 e. The van der Waals surface area contributed by atoms with E-state index in [1.165, 1.54) is 0 Å². The second-order valence-corrected chi connectivity index (χ2v) is 6.18. The topological polar surface area (TPSA) is 100 Å². The van der Waals surface area contributed by atoms with Gasteiger partial charge in [-0.2, -0.15) is 18.9 Å². The molecule has 3 heterocycles. The number of hydrogen-bond donors (Lipinski definition) is 0. The van der Waals surface area contributed by atoms with E-state index in [-0.39, 0.29) is 5.92 Å². The molecule has 0 aromatic rings. The van der Waals surface area contributed by atoms with Crippen molar-refractivity contribution in [1.29, 1.82) is 10.5 Å². The molecular weight excluding hydrogens is 232 g/mol. The lowest BCUT2D eigenvalue weighted by atomic mass is 9.74. The summed E-state index contributed by atoms with van der Waals surface area (Å²) in [5.74, 6) is -1.13. The van der Waals surface area contributed by atoms with E-state index in [1.807, 2.05) is 6.07 Å². The quantitative estimate of drug-likeness (QED) is 0.531. The lowest BCUT2D eigenvalue weighted by Crippen LogP contribution is -2.50. The maximum Gasteiger partial charge on any atom is 0.291 e. The van der Waals surface area contributed by atoms with Crippen LogP contribution in [0.15, 0.2) is 0 Å². The first kappa shape index (κ1) is 10.0. The van der Waals surface area contributed by atoms with Crippen molar-refractivity contribution in [3.8, 4) is 12.1 Å². The summed E-state index contributed by atoms with van der Waals surface area (Å²) in [5.41, 5.74) is 0. The van der Waals surface area contributed by atoms with Crippen molar-refractivity contribution in [3.05, 3.63) is 0 Å². The highest BCUT2D eigenvalue weighted by molar-refractivity contribution is 7.88. The molecule has 6 unspecified atom stereocenters.